The van der Waals surface area contributed by atoms with Crippen LogP contribution in [0.4, 0.5) is 0 Å². The zero-order valence-corrected chi connectivity index (χ0v) is 25.4. The maximum Gasteiger partial charge on any atom is 0.156 e. The number of hydrogen-bond donors (Lipinski definition) is 2. The normalized spacial score (nSPS) is 37.3. The third-order valence-corrected chi connectivity index (χ3v) is 13.1. The highest BCUT2D eigenvalue weighted by Gasteiger charge is 2.47. The first-order chi connectivity index (χ1) is 11.1. The summed E-state index contributed by atoms with van der Waals surface area (Å²) in [4.78, 5) is -0.705. The Balaban J connectivity index is 2.67. The molecule has 10 heteroatoms. The lowest BCUT2D eigenvalue weighted by Crippen LogP contribution is -2.38. The molecule has 0 aromatic carbocycles. The van der Waals surface area contributed by atoms with Gasteiger partial charge in [-0.2, -0.15) is 0 Å². The van der Waals surface area contributed by atoms with Crippen LogP contribution in [0.15, 0.2) is 41.2 Å². The van der Waals surface area contributed by atoms with Gasteiger partial charge in [-0.1, -0.05) is 109 Å². The molecule has 2 aliphatic carbocycles. The van der Waals surface area contributed by atoms with Gasteiger partial charge in [-0.25, -0.2) is 0 Å². The molecule has 2 rings (SSSR count). The fraction of sp³-hybridized carbons (Fsp3) is 0.467. The van der Waals surface area contributed by atoms with Gasteiger partial charge in [0.05, 0.1) is 9.65 Å². The third kappa shape index (κ3) is 4.43. The third-order valence-electron chi connectivity index (χ3n) is 4.02. The summed E-state index contributed by atoms with van der Waals surface area (Å²) in [5.41, 5.74) is 1.50. The van der Waals surface area contributed by atoms with Crippen LogP contribution in [0.25, 0.3) is 0 Å². The molecule has 0 spiro atoms. The molecule has 0 aliphatic heterocycles. The van der Waals surface area contributed by atoms with Gasteiger partial charge >= 0.3 is 0 Å². The Labute approximate surface area is 214 Å². The van der Waals surface area contributed by atoms with Crippen LogP contribution >= 0.6 is 127 Å². The highest BCUT2D eigenvalue weighted by atomic mass is 79.9. The molecule has 0 amide bonds. The maximum absolute atomic E-state index is 10.5. The smallest absolute Gasteiger partial charge is 0.156 e. The zero-order chi connectivity index (χ0) is 19.5. The number of allylic oxidation sites excluding steroid dienone is 4. The quantitative estimate of drug-likeness (QED) is 0.282. The summed E-state index contributed by atoms with van der Waals surface area (Å²) >= 11 is 28.2. The first kappa shape index (κ1) is 24.0. The van der Waals surface area contributed by atoms with Crippen LogP contribution in [0.5, 0.6) is 0 Å². The summed E-state index contributed by atoms with van der Waals surface area (Å²) < 4.78 is 0.791. The van der Waals surface area contributed by atoms with E-state index in [4.69, 9.17) is 0 Å². The molecule has 0 saturated heterocycles. The average Bonchev–Trinajstić information content (AvgIpc) is 2.40. The molecule has 4 atom stereocenters. The fourth-order valence-electron chi connectivity index (χ4n) is 2.80. The monoisotopic (exact) mass is 855 g/mol. The summed E-state index contributed by atoms with van der Waals surface area (Å²) in [6.45, 7) is 4.17. The van der Waals surface area contributed by atoms with Crippen molar-refractivity contribution in [3.05, 3.63) is 41.2 Å². The average molecular weight is 863 g/mol. The second-order valence-electron chi connectivity index (χ2n) is 6.24. The molecule has 0 radical (unpaired) electrons. The highest BCUT2D eigenvalue weighted by molar-refractivity contribution is 9.15. The van der Waals surface area contributed by atoms with Crippen LogP contribution in [0, 0.1) is 5.41 Å². The summed E-state index contributed by atoms with van der Waals surface area (Å²) in [6, 6.07) is 0. The van der Waals surface area contributed by atoms with Gasteiger partial charge in [-0.3, -0.25) is 0 Å². The molecule has 2 nitrogen and oxygen atoms in total. The van der Waals surface area contributed by atoms with Gasteiger partial charge in [-0.15, -0.1) is 0 Å². The number of rotatable bonds is 2. The van der Waals surface area contributed by atoms with Gasteiger partial charge in [0.2, 0.25) is 0 Å². The molecule has 0 aromatic heterocycles. The van der Waals surface area contributed by atoms with Crippen molar-refractivity contribution < 1.29 is 10.2 Å². The Morgan fingerprint density at radius 2 is 1.08 bits per heavy atom. The molecule has 25 heavy (non-hydrogen) atoms. The Morgan fingerprint density at radius 3 is 1.36 bits per heavy atom. The second kappa shape index (κ2) is 8.10. The zero-order valence-electron chi connectivity index (χ0n) is 12.7. The predicted octanol–water partition coefficient (Wildman–Crippen LogP) is 7.59. The van der Waals surface area contributed by atoms with Gasteiger partial charge in [0.25, 0.3) is 0 Å². The molecule has 2 N–H and O–H groups in total. The molecule has 0 fully saturated rings. The lowest BCUT2D eigenvalue weighted by Gasteiger charge is -2.41. The van der Waals surface area contributed by atoms with E-state index < -0.39 is 14.4 Å². The minimum absolute atomic E-state index is 0.353. The van der Waals surface area contributed by atoms with E-state index >= 15 is 0 Å². The summed E-state index contributed by atoms with van der Waals surface area (Å²) in [5, 5.41) is 21.0. The standard InChI is InChI=1S/C15H12Br8O2/c1-13(2,7-5(16)3-14(22,24)11(20)9(7)18)8-6(17)4-15(23,25)12(21)10(8)19/h3-4,11-12,24-25H,1-2H3. The van der Waals surface area contributed by atoms with Gasteiger partial charge < -0.3 is 10.2 Å². The lowest BCUT2D eigenvalue weighted by molar-refractivity contribution is 0.201. The van der Waals surface area contributed by atoms with Crippen LogP contribution in [0.1, 0.15) is 13.8 Å². The number of aliphatic hydroxyl groups is 2. The van der Waals surface area contributed by atoms with E-state index in [1.165, 1.54) is 0 Å². The molecular formula is C15H12Br8O2. The summed E-state index contributed by atoms with van der Waals surface area (Å²) in [5.74, 6) is 0. The van der Waals surface area contributed by atoms with E-state index in [0.29, 0.717) is 0 Å². The Bertz CT molecular complexity index is 670. The molecular weight excluding hydrogens is 851 g/mol. The van der Waals surface area contributed by atoms with Gasteiger partial charge in [-0.05, 0) is 55.2 Å². The molecule has 2 aliphatic rings. The molecule has 4 unspecified atom stereocenters. The maximum atomic E-state index is 10.5. The number of hydrogen-bond acceptors (Lipinski definition) is 2. The Hall–Kier alpha value is 2.72. The van der Waals surface area contributed by atoms with Gasteiger partial charge in [0, 0.05) is 23.3 Å². The van der Waals surface area contributed by atoms with Crippen LogP contribution in [-0.2, 0) is 0 Å². The van der Waals surface area contributed by atoms with Crippen molar-refractivity contribution in [2.45, 2.75) is 32.5 Å². The Morgan fingerprint density at radius 1 is 0.800 bits per heavy atom. The first-order valence-corrected chi connectivity index (χ1v) is 13.4. The van der Waals surface area contributed by atoms with Crippen molar-refractivity contribution in [1.82, 2.24) is 0 Å². The van der Waals surface area contributed by atoms with Crippen LogP contribution < -0.4 is 0 Å². The second-order valence-corrected chi connectivity index (χ2v) is 14.0. The predicted molar refractivity (Wildman–Crippen MR) is 133 cm³/mol. The largest absolute Gasteiger partial charge is 0.374 e. The van der Waals surface area contributed by atoms with Crippen molar-refractivity contribution in [3.63, 3.8) is 0 Å². The summed E-state index contributed by atoms with van der Waals surface area (Å²) in [7, 11) is 0. The van der Waals surface area contributed by atoms with Crippen LogP contribution in [-0.4, -0.2) is 28.9 Å². The topological polar surface area (TPSA) is 40.5 Å². The SMILES string of the molecule is CC(C)(C1=C(Br)C(Br)C(O)(Br)C=C1Br)C1=C(Br)C(Br)C(O)(Br)C=C1Br. The highest BCUT2D eigenvalue weighted by Crippen LogP contribution is 2.57. The molecule has 0 bridgehead atoms. The van der Waals surface area contributed by atoms with E-state index in [9.17, 15) is 10.2 Å². The fourth-order valence-corrected chi connectivity index (χ4v) is 10.4. The van der Waals surface area contributed by atoms with Crippen molar-refractivity contribution in [1.29, 1.82) is 0 Å². The van der Waals surface area contributed by atoms with Crippen LogP contribution in [0.2, 0.25) is 0 Å². The minimum atomic E-state index is -1.20. The van der Waals surface area contributed by atoms with E-state index in [-0.39, 0.29) is 9.65 Å². The van der Waals surface area contributed by atoms with Gasteiger partial charge in [0.15, 0.2) is 9.02 Å². The molecule has 0 aromatic rings. The first-order valence-electron chi connectivity index (χ1n) is 6.83. The van der Waals surface area contributed by atoms with Gasteiger partial charge in [0.1, 0.15) is 0 Å². The van der Waals surface area contributed by atoms with Crippen molar-refractivity contribution >= 4 is 127 Å². The van der Waals surface area contributed by atoms with Crippen LogP contribution in [0.3, 0.4) is 0 Å². The minimum Gasteiger partial charge on any atom is -0.374 e. The van der Waals surface area contributed by atoms with Crippen molar-refractivity contribution in [3.8, 4) is 0 Å². The number of halogens is 8. The van der Waals surface area contributed by atoms with E-state index in [1.807, 2.05) is 0 Å². The van der Waals surface area contributed by atoms with E-state index in [1.54, 1.807) is 12.2 Å². The molecule has 0 saturated carbocycles. The number of alkyl halides is 4. The Kier molecular flexibility index (Phi) is 7.77. The summed E-state index contributed by atoms with van der Waals surface area (Å²) in [6.07, 6.45) is 3.44. The molecule has 0 heterocycles. The van der Waals surface area contributed by atoms with Crippen molar-refractivity contribution in [2.24, 2.45) is 5.41 Å². The molecule has 140 valence electrons. The van der Waals surface area contributed by atoms with E-state index in [0.717, 1.165) is 29.1 Å². The van der Waals surface area contributed by atoms with E-state index in [2.05, 4.69) is 141 Å². The lowest BCUT2D eigenvalue weighted by atomic mass is 9.73. The van der Waals surface area contributed by atoms with Crippen molar-refractivity contribution in [2.75, 3.05) is 0 Å².